The highest BCUT2D eigenvalue weighted by molar-refractivity contribution is 5.94. The van der Waals surface area contributed by atoms with Crippen LogP contribution >= 0.6 is 0 Å². The van der Waals surface area contributed by atoms with E-state index < -0.39 is 0 Å². The Morgan fingerprint density at radius 1 is 1.29 bits per heavy atom. The molecule has 3 rings (SSSR count). The zero-order valence-corrected chi connectivity index (χ0v) is 14.8. The largest absolute Gasteiger partial charge is 0.372 e. The average molecular weight is 331 g/mol. The Balaban J connectivity index is 1.61. The summed E-state index contributed by atoms with van der Waals surface area (Å²) >= 11 is 0. The summed E-state index contributed by atoms with van der Waals surface area (Å²) in [6.07, 6.45) is 3.15. The highest BCUT2D eigenvalue weighted by Crippen LogP contribution is 2.29. The van der Waals surface area contributed by atoms with Crippen molar-refractivity contribution < 1.29 is 9.53 Å². The number of hydrogen-bond acceptors (Lipinski definition) is 4. The molecule has 5 nitrogen and oxygen atoms in total. The molecule has 1 aromatic rings. The Morgan fingerprint density at radius 2 is 2.04 bits per heavy atom. The van der Waals surface area contributed by atoms with Crippen LogP contribution in [0.15, 0.2) is 24.3 Å². The maximum Gasteiger partial charge on any atom is 0.224 e. The van der Waals surface area contributed by atoms with Crippen molar-refractivity contribution in [2.45, 2.75) is 45.3 Å². The molecule has 0 spiro atoms. The molecule has 2 aliphatic rings. The maximum atomic E-state index is 12.4. The quantitative estimate of drug-likeness (QED) is 0.871. The van der Waals surface area contributed by atoms with Crippen LogP contribution in [-0.2, 0) is 9.53 Å². The molecular formula is C19H29N3O2. The number of nitrogens with zero attached hydrogens (tertiary/aromatic N) is 1. The zero-order valence-electron chi connectivity index (χ0n) is 14.8. The third kappa shape index (κ3) is 4.48. The molecule has 0 aliphatic carbocycles. The first-order chi connectivity index (χ1) is 11.6. The van der Waals surface area contributed by atoms with Gasteiger partial charge in [-0.05, 0) is 57.8 Å². The predicted octanol–water partition coefficient (Wildman–Crippen LogP) is 2.63. The van der Waals surface area contributed by atoms with Crippen molar-refractivity contribution in [3.8, 4) is 0 Å². The summed E-state index contributed by atoms with van der Waals surface area (Å²) in [5, 5.41) is 6.48. The van der Waals surface area contributed by atoms with Crippen LogP contribution in [-0.4, -0.2) is 44.3 Å². The van der Waals surface area contributed by atoms with Gasteiger partial charge in [0.2, 0.25) is 5.91 Å². The monoisotopic (exact) mass is 331 g/mol. The van der Waals surface area contributed by atoms with Gasteiger partial charge in [-0.1, -0.05) is 12.1 Å². The summed E-state index contributed by atoms with van der Waals surface area (Å²) in [6.45, 7) is 8.03. The van der Waals surface area contributed by atoms with Gasteiger partial charge in [0, 0.05) is 19.5 Å². The summed E-state index contributed by atoms with van der Waals surface area (Å²) in [7, 11) is 0. The van der Waals surface area contributed by atoms with E-state index in [-0.39, 0.29) is 18.1 Å². The fourth-order valence-corrected chi connectivity index (χ4v) is 3.74. The molecular weight excluding hydrogens is 302 g/mol. The SMILES string of the molecule is CC1CN(c2ccccc2NC(=O)CCC2CCNC2)CC(C)O1. The fraction of sp³-hybridized carbons (Fsp3) is 0.632. The lowest BCUT2D eigenvalue weighted by Crippen LogP contribution is -2.45. The number of hydrogen-bond donors (Lipinski definition) is 2. The number of ether oxygens (including phenoxy) is 1. The van der Waals surface area contributed by atoms with Crippen LogP contribution < -0.4 is 15.5 Å². The third-order valence-corrected chi connectivity index (χ3v) is 4.88. The molecule has 1 aromatic carbocycles. The highest BCUT2D eigenvalue weighted by Gasteiger charge is 2.24. The second kappa shape index (κ2) is 7.99. The van der Waals surface area contributed by atoms with E-state index in [9.17, 15) is 4.79 Å². The van der Waals surface area contributed by atoms with Gasteiger partial charge in [-0.2, -0.15) is 0 Å². The highest BCUT2D eigenvalue weighted by atomic mass is 16.5. The second-order valence-electron chi connectivity index (χ2n) is 7.13. The Morgan fingerprint density at radius 3 is 2.75 bits per heavy atom. The van der Waals surface area contributed by atoms with Crippen molar-refractivity contribution in [1.82, 2.24) is 5.32 Å². The van der Waals surface area contributed by atoms with Gasteiger partial charge in [-0.15, -0.1) is 0 Å². The molecule has 0 aromatic heterocycles. The van der Waals surface area contributed by atoms with Gasteiger partial charge >= 0.3 is 0 Å². The Kier molecular flexibility index (Phi) is 5.74. The summed E-state index contributed by atoms with van der Waals surface area (Å²) in [5.74, 6) is 0.760. The van der Waals surface area contributed by atoms with E-state index >= 15 is 0 Å². The van der Waals surface area contributed by atoms with Crippen molar-refractivity contribution in [1.29, 1.82) is 0 Å². The first-order valence-electron chi connectivity index (χ1n) is 9.12. The number of nitrogens with one attached hydrogen (secondary N) is 2. The third-order valence-electron chi connectivity index (χ3n) is 4.88. The number of carbonyl (C=O) groups excluding carboxylic acids is 1. The molecule has 3 unspecified atom stereocenters. The van der Waals surface area contributed by atoms with E-state index in [0.717, 1.165) is 44.0 Å². The smallest absolute Gasteiger partial charge is 0.224 e. The van der Waals surface area contributed by atoms with Crippen LogP contribution in [0.5, 0.6) is 0 Å². The van der Waals surface area contributed by atoms with E-state index in [0.29, 0.717) is 12.3 Å². The molecule has 2 heterocycles. The number of amides is 1. The van der Waals surface area contributed by atoms with Crippen LogP contribution in [0.25, 0.3) is 0 Å². The van der Waals surface area contributed by atoms with Crippen molar-refractivity contribution in [3.05, 3.63) is 24.3 Å². The molecule has 2 aliphatic heterocycles. The van der Waals surface area contributed by atoms with Gasteiger partial charge < -0.3 is 20.3 Å². The number of rotatable bonds is 5. The lowest BCUT2D eigenvalue weighted by Gasteiger charge is -2.37. The summed E-state index contributed by atoms with van der Waals surface area (Å²) in [4.78, 5) is 14.7. The summed E-state index contributed by atoms with van der Waals surface area (Å²) in [6, 6.07) is 8.09. The van der Waals surface area contributed by atoms with Gasteiger partial charge in [0.25, 0.3) is 0 Å². The van der Waals surface area contributed by atoms with Crippen molar-refractivity contribution in [3.63, 3.8) is 0 Å². The lowest BCUT2D eigenvalue weighted by molar-refractivity contribution is -0.116. The standard InChI is InChI=1S/C19H29N3O2/c1-14-12-22(13-15(2)24-14)18-6-4-3-5-17(18)21-19(23)8-7-16-9-10-20-11-16/h3-6,14-16,20H,7-13H2,1-2H3,(H,21,23). The fourth-order valence-electron chi connectivity index (χ4n) is 3.74. The minimum Gasteiger partial charge on any atom is -0.372 e. The molecule has 2 saturated heterocycles. The van der Waals surface area contributed by atoms with Crippen LogP contribution in [0.3, 0.4) is 0 Å². The first kappa shape index (κ1) is 17.2. The maximum absolute atomic E-state index is 12.4. The van der Waals surface area contributed by atoms with Gasteiger partial charge in [0.1, 0.15) is 0 Å². The van der Waals surface area contributed by atoms with E-state index in [2.05, 4.69) is 35.4 Å². The Labute approximate surface area is 144 Å². The number of anilines is 2. The minimum atomic E-state index is 0.115. The van der Waals surface area contributed by atoms with E-state index in [1.165, 1.54) is 6.42 Å². The second-order valence-corrected chi connectivity index (χ2v) is 7.13. The Hall–Kier alpha value is -1.59. The number of benzene rings is 1. The Bertz CT molecular complexity index is 547. The van der Waals surface area contributed by atoms with Crippen LogP contribution in [0.4, 0.5) is 11.4 Å². The van der Waals surface area contributed by atoms with E-state index in [4.69, 9.17) is 4.74 Å². The average Bonchev–Trinajstić information content (AvgIpc) is 3.06. The minimum absolute atomic E-state index is 0.115. The lowest BCUT2D eigenvalue weighted by atomic mass is 10.0. The summed E-state index contributed by atoms with van der Waals surface area (Å²) in [5.41, 5.74) is 2.00. The molecule has 1 amide bonds. The summed E-state index contributed by atoms with van der Waals surface area (Å²) < 4.78 is 5.82. The van der Waals surface area contributed by atoms with E-state index in [1.807, 2.05) is 18.2 Å². The number of para-hydroxylation sites is 2. The first-order valence-corrected chi connectivity index (χ1v) is 9.12. The molecule has 2 fully saturated rings. The van der Waals surface area contributed by atoms with E-state index in [1.54, 1.807) is 0 Å². The molecule has 132 valence electrons. The van der Waals surface area contributed by atoms with Gasteiger partial charge in [-0.25, -0.2) is 0 Å². The van der Waals surface area contributed by atoms with Gasteiger partial charge in [0.05, 0.1) is 23.6 Å². The molecule has 24 heavy (non-hydrogen) atoms. The molecule has 2 N–H and O–H groups in total. The number of carbonyl (C=O) groups is 1. The predicted molar refractivity (Wildman–Crippen MR) is 97.5 cm³/mol. The zero-order chi connectivity index (χ0) is 16.9. The molecule has 0 saturated carbocycles. The molecule has 0 bridgehead atoms. The topological polar surface area (TPSA) is 53.6 Å². The molecule has 3 atom stereocenters. The van der Waals surface area contributed by atoms with Crippen molar-refractivity contribution >= 4 is 17.3 Å². The molecule has 0 radical (unpaired) electrons. The van der Waals surface area contributed by atoms with Crippen molar-refractivity contribution in [2.75, 3.05) is 36.4 Å². The van der Waals surface area contributed by atoms with Gasteiger partial charge in [0.15, 0.2) is 0 Å². The van der Waals surface area contributed by atoms with Crippen LogP contribution in [0.2, 0.25) is 0 Å². The number of morpholine rings is 1. The van der Waals surface area contributed by atoms with Crippen molar-refractivity contribution in [2.24, 2.45) is 5.92 Å². The van der Waals surface area contributed by atoms with Crippen LogP contribution in [0.1, 0.15) is 33.1 Å². The van der Waals surface area contributed by atoms with Gasteiger partial charge in [-0.3, -0.25) is 4.79 Å². The van der Waals surface area contributed by atoms with Crippen LogP contribution in [0, 0.1) is 5.92 Å². The molecule has 5 heteroatoms. The normalized spacial score (nSPS) is 27.2.